The second-order valence-corrected chi connectivity index (χ2v) is 6.30. The molecule has 0 saturated heterocycles. The lowest BCUT2D eigenvalue weighted by molar-refractivity contribution is 0.182. The van der Waals surface area contributed by atoms with Gasteiger partial charge < -0.3 is 5.11 Å². The van der Waals surface area contributed by atoms with Gasteiger partial charge in [-0.2, -0.15) is 0 Å². The summed E-state index contributed by atoms with van der Waals surface area (Å²) in [5.74, 6) is 0. The highest BCUT2D eigenvalue weighted by Gasteiger charge is 2.14. The zero-order valence-electron chi connectivity index (χ0n) is 9.52. The molecule has 2 rings (SSSR count). The fourth-order valence-corrected chi connectivity index (χ4v) is 3.17. The number of aromatic nitrogens is 2. The summed E-state index contributed by atoms with van der Waals surface area (Å²) in [6.07, 6.45) is 1.86. The van der Waals surface area contributed by atoms with Crippen molar-refractivity contribution in [3.8, 4) is 0 Å². The van der Waals surface area contributed by atoms with Gasteiger partial charge in [-0.15, -0.1) is 22.7 Å². The third-order valence-electron chi connectivity index (χ3n) is 2.41. The van der Waals surface area contributed by atoms with Crippen LogP contribution in [0.2, 0.25) is 0 Å². The van der Waals surface area contributed by atoms with E-state index in [0.29, 0.717) is 6.42 Å². The minimum absolute atomic E-state index is 0.476. The molecule has 1 unspecified atom stereocenters. The Morgan fingerprint density at radius 1 is 1.31 bits per heavy atom. The Hall–Kier alpha value is -0.780. The molecule has 0 spiro atoms. The number of hydrogen-bond acceptors (Lipinski definition) is 5. The Bertz CT molecular complexity index is 470. The van der Waals surface area contributed by atoms with Crippen LogP contribution in [0, 0.1) is 20.8 Å². The molecular formula is C11H14N2OS2. The van der Waals surface area contributed by atoms with Gasteiger partial charge in [0, 0.05) is 17.5 Å². The fraction of sp³-hybridized carbons (Fsp3) is 0.455. The van der Waals surface area contributed by atoms with E-state index in [1.807, 2.05) is 13.8 Å². The van der Waals surface area contributed by atoms with Crippen molar-refractivity contribution in [1.29, 1.82) is 0 Å². The first kappa shape index (κ1) is 11.7. The molecule has 0 aliphatic heterocycles. The third kappa shape index (κ3) is 2.48. The molecule has 1 atom stereocenters. The van der Waals surface area contributed by atoms with E-state index in [-0.39, 0.29) is 0 Å². The molecular weight excluding hydrogens is 240 g/mol. The minimum atomic E-state index is -0.476. The van der Waals surface area contributed by atoms with Crippen LogP contribution in [0.15, 0.2) is 6.20 Å². The van der Waals surface area contributed by atoms with Crippen molar-refractivity contribution in [1.82, 2.24) is 9.97 Å². The lowest BCUT2D eigenvalue weighted by Crippen LogP contribution is -1.99. The maximum atomic E-state index is 10.0. The van der Waals surface area contributed by atoms with E-state index >= 15 is 0 Å². The standard InChI is InChI=1S/C11H14N2OS2/c1-6-7(2)15-11(13-6)4-9(14)10-5-12-8(3)16-10/h5,9,14H,4H2,1-3H3. The van der Waals surface area contributed by atoms with Crippen LogP contribution in [0.1, 0.15) is 31.6 Å². The zero-order chi connectivity index (χ0) is 11.7. The number of aryl methyl sites for hydroxylation is 3. The first-order chi connectivity index (χ1) is 7.56. The van der Waals surface area contributed by atoms with E-state index in [0.717, 1.165) is 20.6 Å². The average molecular weight is 254 g/mol. The highest BCUT2D eigenvalue weighted by atomic mass is 32.1. The summed E-state index contributed by atoms with van der Waals surface area (Å²) in [4.78, 5) is 10.7. The van der Waals surface area contributed by atoms with Gasteiger partial charge in [-0.3, -0.25) is 0 Å². The Morgan fingerprint density at radius 3 is 2.56 bits per heavy atom. The number of aliphatic hydroxyl groups excluding tert-OH is 1. The summed E-state index contributed by atoms with van der Waals surface area (Å²) in [7, 11) is 0. The Labute approximate surface area is 103 Å². The topological polar surface area (TPSA) is 46.0 Å². The van der Waals surface area contributed by atoms with Gasteiger partial charge in [0.1, 0.15) is 0 Å². The van der Waals surface area contributed by atoms with Crippen molar-refractivity contribution < 1.29 is 5.11 Å². The van der Waals surface area contributed by atoms with Crippen LogP contribution in [0.4, 0.5) is 0 Å². The monoisotopic (exact) mass is 254 g/mol. The molecule has 0 amide bonds. The lowest BCUT2D eigenvalue weighted by atomic mass is 10.2. The van der Waals surface area contributed by atoms with E-state index in [4.69, 9.17) is 0 Å². The van der Waals surface area contributed by atoms with Gasteiger partial charge in [-0.05, 0) is 20.8 Å². The number of rotatable bonds is 3. The summed E-state index contributed by atoms with van der Waals surface area (Å²) in [6, 6.07) is 0. The first-order valence-corrected chi connectivity index (χ1v) is 6.73. The van der Waals surface area contributed by atoms with Crippen LogP contribution in [-0.2, 0) is 6.42 Å². The molecule has 0 fully saturated rings. The largest absolute Gasteiger partial charge is 0.387 e. The third-order valence-corrected chi connectivity index (χ3v) is 4.52. The summed E-state index contributed by atoms with van der Waals surface area (Å²) < 4.78 is 0. The van der Waals surface area contributed by atoms with Gasteiger partial charge in [0.15, 0.2) is 0 Å². The minimum Gasteiger partial charge on any atom is -0.387 e. The van der Waals surface area contributed by atoms with Crippen LogP contribution >= 0.6 is 22.7 Å². The Balaban J connectivity index is 2.10. The number of thiazole rings is 2. The molecule has 86 valence electrons. The van der Waals surface area contributed by atoms with Crippen molar-refractivity contribution in [3.63, 3.8) is 0 Å². The smallest absolute Gasteiger partial charge is 0.0961 e. The van der Waals surface area contributed by atoms with Gasteiger partial charge in [0.2, 0.25) is 0 Å². The second kappa shape index (κ2) is 4.61. The van der Waals surface area contributed by atoms with Gasteiger partial charge in [-0.25, -0.2) is 9.97 Å². The molecule has 1 N–H and O–H groups in total. The van der Waals surface area contributed by atoms with Crippen LogP contribution in [-0.4, -0.2) is 15.1 Å². The Kier molecular flexibility index (Phi) is 3.37. The Morgan fingerprint density at radius 2 is 2.06 bits per heavy atom. The summed E-state index contributed by atoms with van der Waals surface area (Å²) in [5, 5.41) is 12.0. The van der Waals surface area contributed by atoms with Crippen LogP contribution in [0.25, 0.3) is 0 Å². The zero-order valence-corrected chi connectivity index (χ0v) is 11.2. The first-order valence-electron chi connectivity index (χ1n) is 5.09. The van der Waals surface area contributed by atoms with E-state index in [2.05, 4.69) is 16.9 Å². The van der Waals surface area contributed by atoms with Gasteiger partial charge >= 0.3 is 0 Å². The van der Waals surface area contributed by atoms with Crippen LogP contribution < -0.4 is 0 Å². The number of aliphatic hydroxyl groups is 1. The number of nitrogens with zero attached hydrogens (tertiary/aromatic N) is 2. The van der Waals surface area contributed by atoms with E-state index < -0.39 is 6.10 Å². The number of hydrogen-bond donors (Lipinski definition) is 1. The molecule has 16 heavy (non-hydrogen) atoms. The van der Waals surface area contributed by atoms with Crippen LogP contribution in [0.5, 0.6) is 0 Å². The predicted molar refractivity (Wildman–Crippen MR) is 67.1 cm³/mol. The maximum absolute atomic E-state index is 10.0. The lowest BCUT2D eigenvalue weighted by Gasteiger charge is -2.04. The molecule has 3 nitrogen and oxygen atoms in total. The summed E-state index contributed by atoms with van der Waals surface area (Å²) in [5.41, 5.74) is 1.06. The van der Waals surface area contributed by atoms with Crippen molar-refractivity contribution in [2.45, 2.75) is 33.3 Å². The quantitative estimate of drug-likeness (QED) is 0.916. The summed E-state index contributed by atoms with van der Waals surface area (Å²) in [6.45, 7) is 6.00. The second-order valence-electron chi connectivity index (χ2n) is 3.75. The summed E-state index contributed by atoms with van der Waals surface area (Å²) >= 11 is 3.20. The molecule has 0 aromatic carbocycles. The van der Waals surface area contributed by atoms with Gasteiger partial charge in [0.25, 0.3) is 0 Å². The molecule has 0 bridgehead atoms. The van der Waals surface area contributed by atoms with Crippen molar-refractivity contribution in [2.24, 2.45) is 0 Å². The van der Waals surface area contributed by atoms with Crippen molar-refractivity contribution in [2.75, 3.05) is 0 Å². The van der Waals surface area contributed by atoms with Crippen molar-refractivity contribution in [3.05, 3.63) is 31.7 Å². The highest BCUT2D eigenvalue weighted by Crippen LogP contribution is 2.26. The van der Waals surface area contributed by atoms with Crippen LogP contribution in [0.3, 0.4) is 0 Å². The molecule has 0 aliphatic rings. The van der Waals surface area contributed by atoms with Crippen molar-refractivity contribution >= 4 is 22.7 Å². The normalized spacial score (nSPS) is 13.0. The van der Waals surface area contributed by atoms with E-state index in [1.165, 1.54) is 4.88 Å². The average Bonchev–Trinajstić information content (AvgIpc) is 2.75. The molecule has 0 aliphatic carbocycles. The van der Waals surface area contributed by atoms with Gasteiger partial charge in [-0.1, -0.05) is 0 Å². The maximum Gasteiger partial charge on any atom is 0.0961 e. The van der Waals surface area contributed by atoms with Gasteiger partial charge in [0.05, 0.1) is 26.7 Å². The molecule has 5 heteroatoms. The molecule has 2 heterocycles. The molecule has 0 saturated carbocycles. The van der Waals surface area contributed by atoms with E-state index in [1.54, 1.807) is 28.9 Å². The SMILES string of the molecule is Cc1ncc(C(O)Cc2nc(C)c(C)s2)s1. The fourth-order valence-electron chi connectivity index (χ4n) is 1.42. The van der Waals surface area contributed by atoms with E-state index in [9.17, 15) is 5.11 Å². The molecule has 0 radical (unpaired) electrons. The molecule has 2 aromatic rings. The predicted octanol–water partition coefficient (Wildman–Crippen LogP) is 2.80. The highest BCUT2D eigenvalue weighted by molar-refractivity contribution is 7.12. The molecule has 2 aromatic heterocycles.